The van der Waals surface area contributed by atoms with Gasteiger partial charge in [0.05, 0.1) is 6.04 Å². The molecule has 0 aromatic heterocycles. The Morgan fingerprint density at radius 1 is 0.868 bits per heavy atom. The number of Topliss-reactive ketones (excluding diaryl/α,β-unsaturated/α-hetero) is 1. The van der Waals surface area contributed by atoms with E-state index in [9.17, 15) is 18.8 Å². The molecular weight excluding hydrogens is 483 g/mol. The number of amides is 2. The smallest absolute Gasteiger partial charge is 0.223 e. The van der Waals surface area contributed by atoms with Gasteiger partial charge in [-0.15, -0.1) is 0 Å². The summed E-state index contributed by atoms with van der Waals surface area (Å²) in [5, 5.41) is 0. The van der Waals surface area contributed by atoms with E-state index >= 15 is 0 Å². The molecule has 2 amide bonds. The summed E-state index contributed by atoms with van der Waals surface area (Å²) in [5.41, 5.74) is 2.00. The number of rotatable bonds is 10. The lowest BCUT2D eigenvalue weighted by atomic mass is 9.94. The van der Waals surface area contributed by atoms with Gasteiger partial charge < -0.3 is 14.5 Å². The van der Waals surface area contributed by atoms with Crippen LogP contribution in [0.15, 0.2) is 78.9 Å². The average molecular weight is 517 g/mol. The number of ether oxygens (including phenoxy) is 1. The molecular formula is C31H33FN2O4. The summed E-state index contributed by atoms with van der Waals surface area (Å²) in [6.45, 7) is 0.505. The van der Waals surface area contributed by atoms with Crippen LogP contribution in [-0.4, -0.2) is 54.1 Å². The first-order chi connectivity index (χ1) is 18.3. The maximum Gasteiger partial charge on any atom is 0.223 e. The van der Waals surface area contributed by atoms with Crippen molar-refractivity contribution in [3.8, 4) is 11.5 Å². The van der Waals surface area contributed by atoms with Crippen molar-refractivity contribution in [3.63, 3.8) is 0 Å². The van der Waals surface area contributed by atoms with Crippen LogP contribution in [0, 0.1) is 11.7 Å². The van der Waals surface area contributed by atoms with Gasteiger partial charge in [0.25, 0.3) is 0 Å². The van der Waals surface area contributed by atoms with E-state index in [-0.39, 0.29) is 48.6 Å². The summed E-state index contributed by atoms with van der Waals surface area (Å²) in [7, 11) is 3.34. The third kappa shape index (κ3) is 7.28. The van der Waals surface area contributed by atoms with Crippen LogP contribution in [0.4, 0.5) is 4.39 Å². The number of nitrogens with zero attached hydrogens (tertiary/aromatic N) is 2. The number of carbonyl (C=O) groups is 3. The summed E-state index contributed by atoms with van der Waals surface area (Å²) in [6, 6.07) is 22.5. The van der Waals surface area contributed by atoms with E-state index in [1.165, 1.54) is 22.6 Å². The molecule has 3 aromatic rings. The third-order valence-electron chi connectivity index (χ3n) is 6.85. The van der Waals surface area contributed by atoms with E-state index in [1.807, 2.05) is 30.3 Å². The summed E-state index contributed by atoms with van der Waals surface area (Å²) in [5.74, 6) is 0.667. The fourth-order valence-electron chi connectivity index (χ4n) is 4.81. The molecule has 4 rings (SSSR count). The van der Waals surface area contributed by atoms with Crippen molar-refractivity contribution in [1.82, 2.24) is 9.80 Å². The van der Waals surface area contributed by atoms with Crippen molar-refractivity contribution < 1.29 is 23.5 Å². The maximum atomic E-state index is 13.4. The maximum absolute atomic E-state index is 13.4. The second-order valence-electron chi connectivity index (χ2n) is 9.98. The number of hydrogen-bond acceptors (Lipinski definition) is 4. The van der Waals surface area contributed by atoms with Gasteiger partial charge in [0.1, 0.15) is 17.3 Å². The van der Waals surface area contributed by atoms with Crippen LogP contribution >= 0.6 is 0 Å². The number of carbonyl (C=O) groups excluding carboxylic acids is 3. The van der Waals surface area contributed by atoms with E-state index in [0.29, 0.717) is 24.5 Å². The number of benzene rings is 3. The average Bonchev–Trinajstić information content (AvgIpc) is 3.34. The van der Waals surface area contributed by atoms with E-state index in [0.717, 1.165) is 12.0 Å². The molecule has 0 unspecified atom stereocenters. The van der Waals surface area contributed by atoms with Crippen molar-refractivity contribution in [3.05, 3.63) is 95.8 Å². The van der Waals surface area contributed by atoms with Crippen molar-refractivity contribution >= 4 is 17.6 Å². The van der Waals surface area contributed by atoms with Crippen molar-refractivity contribution in [1.29, 1.82) is 0 Å². The molecule has 0 radical (unpaired) electrons. The number of ketones is 1. The monoisotopic (exact) mass is 516 g/mol. The molecule has 1 aliphatic rings. The Kier molecular flexibility index (Phi) is 8.89. The van der Waals surface area contributed by atoms with Gasteiger partial charge in [0.2, 0.25) is 11.8 Å². The largest absolute Gasteiger partial charge is 0.457 e. The molecule has 2 atom stereocenters. The van der Waals surface area contributed by atoms with Crippen LogP contribution in [-0.2, 0) is 27.2 Å². The third-order valence-corrected chi connectivity index (χ3v) is 6.85. The highest BCUT2D eigenvalue weighted by molar-refractivity contribution is 5.92. The lowest BCUT2D eigenvalue weighted by molar-refractivity contribution is -0.139. The minimum absolute atomic E-state index is 0.0138. The highest BCUT2D eigenvalue weighted by Gasteiger charge is 2.39. The van der Waals surface area contributed by atoms with Gasteiger partial charge in [-0.3, -0.25) is 14.4 Å². The Balaban J connectivity index is 1.42. The topological polar surface area (TPSA) is 66.9 Å². The first kappa shape index (κ1) is 27.0. The highest BCUT2D eigenvalue weighted by atomic mass is 19.1. The first-order valence-corrected chi connectivity index (χ1v) is 12.9. The van der Waals surface area contributed by atoms with Gasteiger partial charge in [-0.05, 0) is 66.3 Å². The molecule has 0 bridgehead atoms. The summed E-state index contributed by atoms with van der Waals surface area (Å²) < 4.78 is 18.9. The van der Waals surface area contributed by atoms with Gasteiger partial charge >= 0.3 is 0 Å². The Morgan fingerprint density at radius 2 is 1.50 bits per heavy atom. The molecule has 38 heavy (non-hydrogen) atoms. The van der Waals surface area contributed by atoms with Crippen LogP contribution in [0.3, 0.4) is 0 Å². The van der Waals surface area contributed by atoms with Crippen LogP contribution in [0.25, 0.3) is 0 Å². The Hall–Kier alpha value is -4.00. The predicted molar refractivity (Wildman–Crippen MR) is 143 cm³/mol. The minimum atomic E-state index is -0.513. The molecule has 1 saturated heterocycles. The highest BCUT2D eigenvalue weighted by Crippen LogP contribution is 2.29. The fourth-order valence-corrected chi connectivity index (χ4v) is 4.81. The van der Waals surface area contributed by atoms with Crippen molar-refractivity contribution in [2.24, 2.45) is 5.92 Å². The summed E-state index contributed by atoms with van der Waals surface area (Å²) in [6.07, 6.45) is 1.81. The Morgan fingerprint density at radius 3 is 2.13 bits per heavy atom. The van der Waals surface area contributed by atoms with Crippen LogP contribution in [0.2, 0.25) is 0 Å². The molecule has 0 saturated carbocycles. The molecule has 198 valence electrons. The zero-order valence-electron chi connectivity index (χ0n) is 21.8. The molecule has 7 heteroatoms. The second-order valence-corrected chi connectivity index (χ2v) is 9.98. The molecule has 0 aliphatic carbocycles. The number of hydrogen-bond donors (Lipinski definition) is 0. The molecule has 1 heterocycles. The SMILES string of the molecule is CN(C)C(=O)CCC(=O)N1C[C@H](Cc2ccccc2)C[C@H]1C(=O)Cc1ccc(Oc2ccc(F)cc2)cc1. The van der Waals surface area contributed by atoms with Gasteiger partial charge in [-0.2, -0.15) is 0 Å². The second kappa shape index (κ2) is 12.5. The van der Waals surface area contributed by atoms with Crippen LogP contribution in [0.1, 0.15) is 30.4 Å². The number of halogens is 1. The number of likely N-dealkylation sites (tertiary alicyclic amines) is 1. The molecule has 1 aliphatic heterocycles. The van der Waals surface area contributed by atoms with E-state index in [4.69, 9.17) is 4.74 Å². The lowest BCUT2D eigenvalue weighted by Crippen LogP contribution is -2.41. The molecule has 3 aromatic carbocycles. The van der Waals surface area contributed by atoms with E-state index < -0.39 is 6.04 Å². The molecule has 6 nitrogen and oxygen atoms in total. The fraction of sp³-hybridized carbons (Fsp3) is 0.323. The normalized spacial score (nSPS) is 16.8. The zero-order chi connectivity index (χ0) is 27.1. The van der Waals surface area contributed by atoms with Gasteiger partial charge in [0.15, 0.2) is 5.78 Å². The summed E-state index contributed by atoms with van der Waals surface area (Å²) >= 11 is 0. The first-order valence-electron chi connectivity index (χ1n) is 12.9. The van der Waals surface area contributed by atoms with Crippen LogP contribution < -0.4 is 4.74 Å². The summed E-state index contributed by atoms with van der Waals surface area (Å²) in [4.78, 5) is 41.8. The van der Waals surface area contributed by atoms with Gasteiger partial charge in [-0.1, -0.05) is 42.5 Å². The lowest BCUT2D eigenvalue weighted by Gasteiger charge is -2.24. The van der Waals surface area contributed by atoms with Gasteiger partial charge in [0, 0.05) is 39.9 Å². The quantitative estimate of drug-likeness (QED) is 0.378. The van der Waals surface area contributed by atoms with Crippen molar-refractivity contribution in [2.45, 2.75) is 38.1 Å². The minimum Gasteiger partial charge on any atom is -0.457 e. The predicted octanol–water partition coefficient (Wildman–Crippen LogP) is 5.06. The van der Waals surface area contributed by atoms with Crippen LogP contribution in [0.5, 0.6) is 11.5 Å². The Bertz CT molecular complexity index is 1240. The molecule has 1 fully saturated rings. The van der Waals surface area contributed by atoms with Gasteiger partial charge in [-0.25, -0.2) is 4.39 Å². The standard InChI is InChI=1S/C31H33FN2O4/c1-33(2)30(36)16-17-31(37)34-21-24(18-22-6-4-3-5-7-22)19-28(34)29(35)20-23-8-12-26(13-9-23)38-27-14-10-25(32)11-15-27/h3-15,24,28H,16-21H2,1-2H3/t24-,28+/m1/s1. The Labute approximate surface area is 223 Å². The molecule has 0 N–H and O–H groups in total. The zero-order valence-corrected chi connectivity index (χ0v) is 21.8. The van der Waals surface area contributed by atoms with E-state index in [2.05, 4.69) is 12.1 Å². The molecule has 0 spiro atoms. The van der Waals surface area contributed by atoms with Crippen molar-refractivity contribution in [2.75, 3.05) is 20.6 Å². The van der Waals surface area contributed by atoms with E-state index in [1.54, 1.807) is 43.3 Å².